The van der Waals surface area contributed by atoms with Crippen LogP contribution in [0.15, 0.2) is 18.2 Å². The van der Waals surface area contributed by atoms with E-state index in [2.05, 4.69) is 10.6 Å². The number of amides is 2. The first-order chi connectivity index (χ1) is 7.13. The molecule has 1 aromatic carbocycles. The summed E-state index contributed by atoms with van der Waals surface area (Å²) in [6, 6.07) is 5.04. The quantitative estimate of drug-likeness (QED) is 0.824. The molecule has 0 saturated heterocycles. The molecule has 2 rings (SSSR count). The topological polar surface area (TPSA) is 41.1 Å². The second-order valence-electron chi connectivity index (χ2n) is 3.53. The Morgan fingerprint density at radius 1 is 1.20 bits per heavy atom. The summed E-state index contributed by atoms with van der Waals surface area (Å²) >= 11 is 11.6. The maximum absolute atomic E-state index is 11.4. The highest BCUT2D eigenvalue weighted by atomic mass is 35.5. The summed E-state index contributed by atoms with van der Waals surface area (Å²) in [6.07, 6.45) is 2.12. The number of benzene rings is 1. The summed E-state index contributed by atoms with van der Waals surface area (Å²) in [5.74, 6) is 0. The van der Waals surface area contributed by atoms with Crippen LogP contribution in [-0.2, 0) is 0 Å². The fourth-order valence-electron chi connectivity index (χ4n) is 1.21. The summed E-state index contributed by atoms with van der Waals surface area (Å²) in [5, 5.41) is 6.49. The van der Waals surface area contributed by atoms with Crippen LogP contribution in [0, 0.1) is 0 Å². The number of halogens is 2. The third-order valence-electron chi connectivity index (χ3n) is 2.03. The molecule has 1 aliphatic rings. The average molecular weight is 245 g/mol. The van der Waals surface area contributed by atoms with Crippen LogP contribution in [-0.4, -0.2) is 12.1 Å². The molecule has 1 aromatic rings. The predicted molar refractivity (Wildman–Crippen MR) is 61.6 cm³/mol. The molecule has 5 heteroatoms. The Morgan fingerprint density at radius 3 is 2.33 bits per heavy atom. The van der Waals surface area contributed by atoms with Crippen molar-refractivity contribution in [2.45, 2.75) is 18.9 Å². The lowest BCUT2D eigenvalue weighted by Crippen LogP contribution is -2.30. The van der Waals surface area contributed by atoms with Gasteiger partial charge in [-0.3, -0.25) is 0 Å². The Balaban J connectivity index is 1.99. The number of urea groups is 1. The highest BCUT2D eigenvalue weighted by molar-refractivity contribution is 6.35. The van der Waals surface area contributed by atoms with Crippen molar-refractivity contribution < 1.29 is 4.79 Å². The van der Waals surface area contributed by atoms with E-state index in [0.29, 0.717) is 21.8 Å². The van der Waals surface area contributed by atoms with Crippen LogP contribution >= 0.6 is 23.2 Å². The summed E-state index contributed by atoms with van der Waals surface area (Å²) in [6.45, 7) is 0. The van der Waals surface area contributed by atoms with Gasteiger partial charge in [0.05, 0.1) is 0 Å². The molecule has 0 radical (unpaired) electrons. The van der Waals surface area contributed by atoms with Crippen LogP contribution in [0.5, 0.6) is 0 Å². The maximum atomic E-state index is 11.4. The highest BCUT2D eigenvalue weighted by Crippen LogP contribution is 2.23. The van der Waals surface area contributed by atoms with Gasteiger partial charge in [0, 0.05) is 21.8 Å². The zero-order valence-electron chi connectivity index (χ0n) is 7.89. The van der Waals surface area contributed by atoms with Gasteiger partial charge in [-0.25, -0.2) is 4.79 Å². The predicted octanol–water partition coefficient (Wildman–Crippen LogP) is 3.28. The van der Waals surface area contributed by atoms with Gasteiger partial charge in [-0.15, -0.1) is 0 Å². The van der Waals surface area contributed by atoms with Crippen LogP contribution in [0.1, 0.15) is 12.8 Å². The maximum Gasteiger partial charge on any atom is 0.319 e. The van der Waals surface area contributed by atoms with Crippen LogP contribution in [0.3, 0.4) is 0 Å². The summed E-state index contributed by atoms with van der Waals surface area (Å²) in [5.41, 5.74) is 0.602. The van der Waals surface area contributed by atoms with Gasteiger partial charge in [0.25, 0.3) is 0 Å². The number of carbonyl (C=O) groups is 1. The normalized spacial score (nSPS) is 14.8. The van der Waals surface area contributed by atoms with Crippen molar-refractivity contribution in [2.75, 3.05) is 5.32 Å². The molecule has 1 aliphatic carbocycles. The first-order valence-electron chi connectivity index (χ1n) is 4.67. The molecule has 0 aromatic heterocycles. The van der Waals surface area contributed by atoms with Gasteiger partial charge in [-0.2, -0.15) is 0 Å². The molecule has 80 valence electrons. The van der Waals surface area contributed by atoms with Crippen LogP contribution in [0.4, 0.5) is 10.5 Å². The second-order valence-corrected chi connectivity index (χ2v) is 4.40. The smallest absolute Gasteiger partial charge is 0.319 e. The third-order valence-corrected chi connectivity index (χ3v) is 2.47. The van der Waals surface area contributed by atoms with Gasteiger partial charge < -0.3 is 10.6 Å². The largest absolute Gasteiger partial charge is 0.335 e. The van der Waals surface area contributed by atoms with E-state index in [1.807, 2.05) is 0 Å². The van der Waals surface area contributed by atoms with E-state index in [-0.39, 0.29) is 6.03 Å². The Morgan fingerprint density at radius 2 is 1.80 bits per heavy atom. The number of rotatable bonds is 2. The lowest BCUT2D eigenvalue weighted by atomic mass is 10.3. The van der Waals surface area contributed by atoms with Crippen molar-refractivity contribution in [3.8, 4) is 0 Å². The van der Waals surface area contributed by atoms with Crippen LogP contribution in [0.2, 0.25) is 10.0 Å². The number of carbonyl (C=O) groups excluding carboxylic acids is 1. The number of hydrogen-bond donors (Lipinski definition) is 2. The molecule has 1 saturated carbocycles. The minimum Gasteiger partial charge on any atom is -0.335 e. The van der Waals surface area contributed by atoms with Gasteiger partial charge in [0.15, 0.2) is 0 Å². The molecule has 0 spiro atoms. The third kappa shape index (κ3) is 3.29. The standard InChI is InChI=1S/C10H10Cl2N2O/c11-6-3-7(12)5-9(4-6)14-10(15)13-8-1-2-8/h3-5,8H,1-2H2,(H2,13,14,15). The number of anilines is 1. The second kappa shape index (κ2) is 4.29. The minimum atomic E-state index is -0.212. The molecular weight excluding hydrogens is 235 g/mol. The first kappa shape index (κ1) is 10.6. The average Bonchev–Trinajstić information content (AvgIpc) is 2.85. The van der Waals surface area contributed by atoms with E-state index in [4.69, 9.17) is 23.2 Å². The van der Waals surface area contributed by atoms with Gasteiger partial charge in [-0.1, -0.05) is 23.2 Å². The van der Waals surface area contributed by atoms with Crippen LogP contribution in [0.25, 0.3) is 0 Å². The fourth-order valence-corrected chi connectivity index (χ4v) is 1.73. The Labute approximate surface area is 97.8 Å². The van der Waals surface area contributed by atoms with Crippen molar-refractivity contribution >= 4 is 34.9 Å². The molecule has 2 amide bonds. The van der Waals surface area contributed by atoms with E-state index in [0.717, 1.165) is 12.8 Å². The van der Waals surface area contributed by atoms with Gasteiger partial charge in [0.2, 0.25) is 0 Å². The molecule has 0 heterocycles. The zero-order chi connectivity index (χ0) is 10.8. The van der Waals surface area contributed by atoms with E-state index >= 15 is 0 Å². The molecule has 0 bridgehead atoms. The monoisotopic (exact) mass is 244 g/mol. The molecule has 15 heavy (non-hydrogen) atoms. The van der Waals surface area contributed by atoms with Crippen molar-refractivity contribution in [1.82, 2.24) is 5.32 Å². The van der Waals surface area contributed by atoms with E-state index in [9.17, 15) is 4.79 Å². The lowest BCUT2D eigenvalue weighted by Gasteiger charge is -2.07. The first-order valence-corrected chi connectivity index (χ1v) is 5.43. The van der Waals surface area contributed by atoms with Crippen molar-refractivity contribution in [3.63, 3.8) is 0 Å². The van der Waals surface area contributed by atoms with Gasteiger partial charge >= 0.3 is 6.03 Å². The fraction of sp³-hybridized carbons (Fsp3) is 0.300. The molecular formula is C10H10Cl2N2O. The van der Waals surface area contributed by atoms with Crippen LogP contribution < -0.4 is 10.6 Å². The molecule has 0 atom stereocenters. The SMILES string of the molecule is O=C(Nc1cc(Cl)cc(Cl)c1)NC1CC1. The van der Waals surface area contributed by atoms with Crippen molar-refractivity contribution in [2.24, 2.45) is 0 Å². The Hall–Kier alpha value is -0.930. The number of hydrogen-bond acceptors (Lipinski definition) is 1. The Kier molecular flexibility index (Phi) is 3.03. The molecule has 0 unspecified atom stereocenters. The van der Waals surface area contributed by atoms with Gasteiger partial charge in [-0.05, 0) is 31.0 Å². The molecule has 1 fully saturated rings. The summed E-state index contributed by atoms with van der Waals surface area (Å²) in [7, 11) is 0. The zero-order valence-corrected chi connectivity index (χ0v) is 9.40. The summed E-state index contributed by atoms with van der Waals surface area (Å²) in [4.78, 5) is 11.4. The highest BCUT2D eigenvalue weighted by Gasteiger charge is 2.23. The minimum absolute atomic E-state index is 0.212. The summed E-state index contributed by atoms with van der Waals surface area (Å²) < 4.78 is 0. The van der Waals surface area contributed by atoms with E-state index in [1.165, 1.54) is 0 Å². The van der Waals surface area contributed by atoms with Gasteiger partial charge in [0.1, 0.15) is 0 Å². The molecule has 3 nitrogen and oxygen atoms in total. The van der Waals surface area contributed by atoms with E-state index < -0.39 is 0 Å². The molecule has 2 N–H and O–H groups in total. The molecule has 0 aliphatic heterocycles. The van der Waals surface area contributed by atoms with Crippen molar-refractivity contribution in [3.05, 3.63) is 28.2 Å². The lowest BCUT2D eigenvalue weighted by molar-refractivity contribution is 0.251. The van der Waals surface area contributed by atoms with E-state index in [1.54, 1.807) is 18.2 Å². The number of nitrogens with one attached hydrogen (secondary N) is 2. The van der Waals surface area contributed by atoms with Crippen molar-refractivity contribution in [1.29, 1.82) is 0 Å². The Bertz CT molecular complexity index is 371.